The molecule has 2 rings (SSSR count). The number of ether oxygens (including phenoxy) is 1. The smallest absolute Gasteiger partial charge is 0.410 e. The first-order valence-electron chi connectivity index (χ1n) is 6.75. The molecule has 104 valence electrons. The highest BCUT2D eigenvalue weighted by Crippen LogP contribution is 2.24. The molecule has 0 aromatic heterocycles. The molecule has 0 radical (unpaired) electrons. The Kier molecular flexibility index (Phi) is 4.43. The van der Waals surface area contributed by atoms with E-state index in [4.69, 9.17) is 4.74 Å². The molecule has 1 fully saturated rings. The summed E-state index contributed by atoms with van der Waals surface area (Å²) in [5.41, 5.74) is 0.980. The number of carbonyl (C=O) groups is 1. The van der Waals surface area contributed by atoms with E-state index in [-0.39, 0.29) is 30.9 Å². The number of carbonyl (C=O) groups excluding carboxylic acids is 1. The molecule has 0 aliphatic carbocycles. The quantitative estimate of drug-likeness (QED) is 0.892. The zero-order chi connectivity index (χ0) is 13.8. The Morgan fingerprint density at radius 1 is 1.26 bits per heavy atom. The van der Waals surface area contributed by atoms with E-state index in [2.05, 4.69) is 0 Å². The van der Waals surface area contributed by atoms with Gasteiger partial charge in [-0.05, 0) is 32.3 Å². The lowest BCUT2D eigenvalue weighted by Crippen LogP contribution is -2.51. The zero-order valence-corrected chi connectivity index (χ0v) is 11.5. The van der Waals surface area contributed by atoms with Crippen LogP contribution in [0.15, 0.2) is 30.3 Å². The molecule has 1 N–H and O–H groups in total. The van der Waals surface area contributed by atoms with Gasteiger partial charge in [-0.3, -0.25) is 0 Å². The Morgan fingerprint density at radius 2 is 1.84 bits per heavy atom. The highest BCUT2D eigenvalue weighted by molar-refractivity contribution is 5.68. The van der Waals surface area contributed by atoms with Gasteiger partial charge in [-0.2, -0.15) is 0 Å². The molecule has 2 unspecified atom stereocenters. The van der Waals surface area contributed by atoms with E-state index < -0.39 is 0 Å². The predicted octanol–water partition coefficient (Wildman–Crippen LogP) is 2.56. The first-order valence-corrected chi connectivity index (χ1v) is 6.75. The molecule has 1 aliphatic heterocycles. The van der Waals surface area contributed by atoms with E-state index in [1.54, 1.807) is 4.90 Å². The Balaban J connectivity index is 1.92. The maximum absolute atomic E-state index is 12.1. The third kappa shape index (κ3) is 3.47. The Morgan fingerprint density at radius 3 is 2.42 bits per heavy atom. The van der Waals surface area contributed by atoms with Crippen molar-refractivity contribution >= 4 is 6.09 Å². The lowest BCUT2D eigenvalue weighted by atomic mass is 9.95. The summed E-state index contributed by atoms with van der Waals surface area (Å²) in [5, 5.41) is 9.68. The molecule has 0 spiro atoms. The summed E-state index contributed by atoms with van der Waals surface area (Å²) in [6.45, 7) is 4.18. The number of amides is 1. The van der Waals surface area contributed by atoms with Gasteiger partial charge in [0.05, 0.1) is 6.10 Å². The summed E-state index contributed by atoms with van der Waals surface area (Å²) in [4.78, 5) is 13.9. The van der Waals surface area contributed by atoms with Crippen LogP contribution in [0.5, 0.6) is 0 Å². The number of piperidine rings is 1. The molecule has 2 atom stereocenters. The molecular formula is C15H21NO3. The van der Waals surface area contributed by atoms with Crippen molar-refractivity contribution in [2.45, 2.75) is 51.5 Å². The molecule has 19 heavy (non-hydrogen) atoms. The number of benzene rings is 1. The fraction of sp³-hybridized carbons (Fsp3) is 0.533. The van der Waals surface area contributed by atoms with Crippen molar-refractivity contribution < 1.29 is 14.6 Å². The molecule has 4 nitrogen and oxygen atoms in total. The molecule has 1 aromatic carbocycles. The molecule has 1 aliphatic rings. The highest BCUT2D eigenvalue weighted by Gasteiger charge is 2.34. The molecule has 0 bridgehead atoms. The van der Waals surface area contributed by atoms with Crippen LogP contribution in [0.4, 0.5) is 4.79 Å². The molecule has 1 saturated heterocycles. The topological polar surface area (TPSA) is 49.8 Å². The van der Waals surface area contributed by atoms with Crippen molar-refractivity contribution in [3.63, 3.8) is 0 Å². The van der Waals surface area contributed by atoms with Crippen molar-refractivity contribution in [1.82, 2.24) is 4.90 Å². The van der Waals surface area contributed by atoms with Crippen LogP contribution in [0.1, 0.15) is 32.3 Å². The van der Waals surface area contributed by atoms with Crippen LogP contribution < -0.4 is 0 Å². The summed E-state index contributed by atoms with van der Waals surface area (Å²) in [7, 11) is 0. The number of hydrogen-bond donors (Lipinski definition) is 1. The molecular weight excluding hydrogens is 242 g/mol. The summed E-state index contributed by atoms with van der Waals surface area (Å²) in [5.74, 6) is 0. The van der Waals surface area contributed by atoms with E-state index in [1.807, 2.05) is 44.2 Å². The van der Waals surface area contributed by atoms with Crippen LogP contribution in [0.25, 0.3) is 0 Å². The third-order valence-electron chi connectivity index (χ3n) is 3.59. The number of aliphatic hydroxyl groups is 1. The van der Waals surface area contributed by atoms with Gasteiger partial charge in [0.25, 0.3) is 0 Å². The van der Waals surface area contributed by atoms with Crippen molar-refractivity contribution in [3.05, 3.63) is 35.9 Å². The fourth-order valence-corrected chi connectivity index (χ4v) is 2.70. The number of likely N-dealkylation sites (tertiary alicyclic amines) is 1. The van der Waals surface area contributed by atoms with Crippen molar-refractivity contribution in [1.29, 1.82) is 0 Å². The predicted molar refractivity (Wildman–Crippen MR) is 72.6 cm³/mol. The monoisotopic (exact) mass is 263 g/mol. The second-order valence-corrected chi connectivity index (χ2v) is 5.27. The first-order chi connectivity index (χ1) is 9.08. The largest absolute Gasteiger partial charge is 0.445 e. The fourth-order valence-electron chi connectivity index (χ4n) is 2.70. The van der Waals surface area contributed by atoms with E-state index in [0.717, 1.165) is 5.56 Å². The Labute approximate surface area is 114 Å². The summed E-state index contributed by atoms with van der Waals surface area (Å²) in [6, 6.07) is 9.67. The van der Waals surface area contributed by atoms with E-state index in [9.17, 15) is 9.90 Å². The van der Waals surface area contributed by atoms with Crippen molar-refractivity contribution in [3.8, 4) is 0 Å². The van der Waals surface area contributed by atoms with Crippen LogP contribution in [-0.2, 0) is 11.3 Å². The minimum absolute atomic E-state index is 0.0158. The third-order valence-corrected chi connectivity index (χ3v) is 3.59. The van der Waals surface area contributed by atoms with Gasteiger partial charge < -0.3 is 14.7 Å². The van der Waals surface area contributed by atoms with Crippen LogP contribution in [0.2, 0.25) is 0 Å². The van der Waals surface area contributed by atoms with Gasteiger partial charge in [0.15, 0.2) is 0 Å². The molecule has 1 amide bonds. The van der Waals surface area contributed by atoms with Crippen molar-refractivity contribution in [2.24, 2.45) is 0 Å². The lowest BCUT2D eigenvalue weighted by molar-refractivity contribution is 0.00561. The number of nitrogens with zero attached hydrogens (tertiary/aromatic N) is 1. The molecule has 4 heteroatoms. The normalized spacial score (nSPS) is 27.1. The van der Waals surface area contributed by atoms with Crippen LogP contribution >= 0.6 is 0 Å². The second kappa shape index (κ2) is 6.06. The van der Waals surface area contributed by atoms with Gasteiger partial charge in [0, 0.05) is 12.1 Å². The molecule has 1 heterocycles. The Hall–Kier alpha value is -1.55. The average Bonchev–Trinajstić information content (AvgIpc) is 2.36. The van der Waals surface area contributed by atoms with E-state index in [0.29, 0.717) is 12.8 Å². The summed E-state index contributed by atoms with van der Waals surface area (Å²) >= 11 is 0. The SMILES string of the molecule is CC1CC(O)CC(C)N1C(=O)OCc1ccccc1. The number of aliphatic hydroxyl groups excluding tert-OH is 1. The van der Waals surface area contributed by atoms with Gasteiger partial charge in [0.1, 0.15) is 6.61 Å². The van der Waals surface area contributed by atoms with E-state index in [1.165, 1.54) is 0 Å². The van der Waals surface area contributed by atoms with Crippen LogP contribution in [-0.4, -0.2) is 34.3 Å². The maximum Gasteiger partial charge on any atom is 0.410 e. The average molecular weight is 263 g/mol. The van der Waals surface area contributed by atoms with Gasteiger partial charge >= 0.3 is 6.09 Å². The molecule has 0 saturated carbocycles. The lowest BCUT2D eigenvalue weighted by Gasteiger charge is -2.40. The van der Waals surface area contributed by atoms with E-state index >= 15 is 0 Å². The van der Waals surface area contributed by atoms with Gasteiger partial charge in [-0.25, -0.2) is 4.79 Å². The highest BCUT2D eigenvalue weighted by atomic mass is 16.6. The number of rotatable bonds is 2. The Bertz CT molecular complexity index is 409. The van der Waals surface area contributed by atoms with Gasteiger partial charge in [0.2, 0.25) is 0 Å². The summed E-state index contributed by atoms with van der Waals surface area (Å²) < 4.78 is 5.35. The second-order valence-electron chi connectivity index (χ2n) is 5.27. The maximum atomic E-state index is 12.1. The number of hydrogen-bond acceptors (Lipinski definition) is 3. The van der Waals surface area contributed by atoms with Gasteiger partial charge in [-0.15, -0.1) is 0 Å². The van der Waals surface area contributed by atoms with Crippen molar-refractivity contribution in [2.75, 3.05) is 0 Å². The summed E-state index contributed by atoms with van der Waals surface area (Å²) in [6.07, 6.45) is 0.620. The minimum Gasteiger partial charge on any atom is -0.445 e. The molecule has 1 aromatic rings. The van der Waals surface area contributed by atoms with Gasteiger partial charge in [-0.1, -0.05) is 30.3 Å². The van der Waals surface area contributed by atoms with Crippen LogP contribution in [0.3, 0.4) is 0 Å². The minimum atomic E-state index is -0.317. The standard InChI is InChI=1S/C15H21NO3/c1-11-8-14(17)9-12(2)16(11)15(18)19-10-13-6-4-3-5-7-13/h3-7,11-12,14,17H,8-10H2,1-2H3. The zero-order valence-electron chi connectivity index (χ0n) is 11.5. The van der Waals surface area contributed by atoms with Crippen LogP contribution in [0, 0.1) is 0 Å². The first kappa shape index (κ1) is 13.9.